The minimum Gasteiger partial charge on any atom is -0.387 e. The smallest absolute Gasteiger partial charge is 0.270 e. The second-order valence-electron chi connectivity index (χ2n) is 6.05. The van der Waals surface area contributed by atoms with E-state index in [0.29, 0.717) is 17.9 Å². The number of carbonyl (C=O) groups excluding carboxylic acids is 1. The topological polar surface area (TPSA) is 106 Å². The second-order valence-corrected chi connectivity index (χ2v) is 6.05. The molecule has 0 aliphatic carbocycles. The normalized spacial score (nSPS) is 10.3. The Morgan fingerprint density at radius 3 is 2.50 bits per heavy atom. The summed E-state index contributed by atoms with van der Waals surface area (Å²) in [5.74, 6) is -0.458. The predicted octanol–water partition coefficient (Wildman–Crippen LogP) is 3.10. The van der Waals surface area contributed by atoms with Crippen molar-refractivity contribution in [1.82, 2.24) is 4.57 Å². The molecule has 1 aromatic heterocycles. The molecule has 3 rings (SSSR count). The summed E-state index contributed by atoms with van der Waals surface area (Å²) < 4.78 is 1.58. The van der Waals surface area contributed by atoms with E-state index in [0.717, 1.165) is 5.56 Å². The van der Waals surface area contributed by atoms with Gasteiger partial charge < -0.3 is 15.2 Å². The quantitative estimate of drug-likeness (QED) is 0.506. The number of anilines is 2. The van der Waals surface area contributed by atoms with Gasteiger partial charge >= 0.3 is 0 Å². The van der Waals surface area contributed by atoms with Gasteiger partial charge in [0, 0.05) is 42.8 Å². The molecule has 0 aliphatic heterocycles. The third-order valence-corrected chi connectivity index (χ3v) is 4.19. The van der Waals surface area contributed by atoms with Gasteiger partial charge in [-0.15, -0.1) is 0 Å². The molecule has 1 heterocycles. The van der Waals surface area contributed by atoms with Crippen LogP contribution in [0.25, 0.3) is 0 Å². The minimum absolute atomic E-state index is 0.0925. The molecule has 0 saturated heterocycles. The highest BCUT2D eigenvalue weighted by atomic mass is 16.6. The van der Waals surface area contributed by atoms with E-state index in [-0.39, 0.29) is 16.8 Å². The third-order valence-electron chi connectivity index (χ3n) is 4.19. The SMILES string of the molecule is CNc1ccc([N+](=O)[O-])cc1C(=O)Nc1ccc(Cn2ccccc2=O)cc1. The van der Waals surface area contributed by atoms with Crippen molar-refractivity contribution in [2.24, 2.45) is 0 Å². The van der Waals surface area contributed by atoms with Crippen molar-refractivity contribution in [3.05, 3.63) is 98.5 Å². The van der Waals surface area contributed by atoms with Crippen LogP contribution in [0.5, 0.6) is 0 Å². The Hall–Kier alpha value is -3.94. The van der Waals surface area contributed by atoms with E-state index in [4.69, 9.17) is 0 Å². The molecule has 0 bridgehead atoms. The molecule has 0 spiro atoms. The fourth-order valence-corrected chi connectivity index (χ4v) is 2.73. The Balaban J connectivity index is 1.76. The summed E-state index contributed by atoms with van der Waals surface area (Å²) >= 11 is 0. The van der Waals surface area contributed by atoms with Gasteiger partial charge in [-0.2, -0.15) is 0 Å². The number of rotatable bonds is 6. The second kappa shape index (κ2) is 8.17. The zero-order chi connectivity index (χ0) is 20.1. The van der Waals surface area contributed by atoms with Gasteiger partial charge in [0.25, 0.3) is 17.2 Å². The summed E-state index contributed by atoms with van der Waals surface area (Å²) in [4.78, 5) is 34.8. The Bertz CT molecular complexity index is 1070. The Kier molecular flexibility index (Phi) is 5.50. The highest BCUT2D eigenvalue weighted by Crippen LogP contribution is 2.23. The van der Waals surface area contributed by atoms with E-state index >= 15 is 0 Å². The molecule has 1 amide bonds. The third kappa shape index (κ3) is 4.24. The maximum absolute atomic E-state index is 12.6. The Morgan fingerprint density at radius 1 is 1.11 bits per heavy atom. The fraction of sp³-hybridized carbons (Fsp3) is 0.100. The van der Waals surface area contributed by atoms with Gasteiger partial charge in [0.2, 0.25) is 0 Å². The summed E-state index contributed by atoms with van der Waals surface area (Å²) in [7, 11) is 1.64. The molecule has 0 fully saturated rings. The number of non-ortho nitro benzene ring substituents is 1. The highest BCUT2D eigenvalue weighted by Gasteiger charge is 2.16. The lowest BCUT2D eigenvalue weighted by Gasteiger charge is -2.11. The molecule has 0 saturated carbocycles. The molecule has 0 aliphatic rings. The van der Waals surface area contributed by atoms with Crippen LogP contribution in [0.2, 0.25) is 0 Å². The first-order valence-corrected chi connectivity index (χ1v) is 8.50. The summed E-state index contributed by atoms with van der Waals surface area (Å²) in [5.41, 5.74) is 1.86. The van der Waals surface area contributed by atoms with E-state index in [1.165, 1.54) is 24.3 Å². The van der Waals surface area contributed by atoms with Gasteiger partial charge in [-0.1, -0.05) is 18.2 Å². The average Bonchev–Trinajstić information content (AvgIpc) is 2.70. The number of carbonyl (C=O) groups is 1. The molecule has 0 unspecified atom stereocenters. The number of amides is 1. The number of benzene rings is 2. The van der Waals surface area contributed by atoms with Crippen LogP contribution in [0.1, 0.15) is 15.9 Å². The lowest BCUT2D eigenvalue weighted by Crippen LogP contribution is -2.18. The molecule has 3 aromatic rings. The van der Waals surface area contributed by atoms with Gasteiger partial charge in [0.15, 0.2) is 0 Å². The van der Waals surface area contributed by atoms with Gasteiger partial charge in [-0.3, -0.25) is 19.7 Å². The first-order valence-electron chi connectivity index (χ1n) is 8.50. The zero-order valence-corrected chi connectivity index (χ0v) is 15.1. The van der Waals surface area contributed by atoms with Crippen LogP contribution in [-0.4, -0.2) is 22.4 Å². The number of nitrogens with one attached hydrogen (secondary N) is 2. The Morgan fingerprint density at radius 2 is 1.86 bits per heavy atom. The van der Waals surface area contributed by atoms with Crippen LogP contribution in [0, 0.1) is 10.1 Å². The van der Waals surface area contributed by atoms with Crippen LogP contribution in [-0.2, 0) is 6.54 Å². The van der Waals surface area contributed by atoms with E-state index in [9.17, 15) is 19.7 Å². The molecule has 0 radical (unpaired) electrons. The van der Waals surface area contributed by atoms with Crippen molar-refractivity contribution < 1.29 is 9.72 Å². The van der Waals surface area contributed by atoms with Crippen molar-refractivity contribution in [1.29, 1.82) is 0 Å². The van der Waals surface area contributed by atoms with E-state index in [1.807, 2.05) is 12.1 Å². The number of nitrogens with zero attached hydrogens (tertiary/aromatic N) is 2. The van der Waals surface area contributed by atoms with Gasteiger partial charge in [-0.25, -0.2) is 0 Å². The fourth-order valence-electron chi connectivity index (χ4n) is 2.73. The molecule has 28 heavy (non-hydrogen) atoms. The number of pyridine rings is 1. The molecule has 0 atom stereocenters. The van der Waals surface area contributed by atoms with Crippen molar-refractivity contribution >= 4 is 23.0 Å². The molecule has 2 N–H and O–H groups in total. The Labute approximate surface area is 160 Å². The van der Waals surface area contributed by atoms with Crippen LogP contribution in [0.3, 0.4) is 0 Å². The number of hydrogen-bond acceptors (Lipinski definition) is 5. The van der Waals surface area contributed by atoms with Crippen LogP contribution in [0.15, 0.2) is 71.7 Å². The number of aromatic nitrogens is 1. The molecular weight excluding hydrogens is 360 g/mol. The standard InChI is InChI=1S/C20H18N4O4/c1-21-18-10-9-16(24(27)28)12-17(18)20(26)22-15-7-5-14(6-8-15)13-23-11-3-2-4-19(23)25/h2-12,21H,13H2,1H3,(H,22,26). The molecule has 142 valence electrons. The van der Waals surface area contributed by atoms with Crippen molar-refractivity contribution in [2.75, 3.05) is 17.7 Å². The monoisotopic (exact) mass is 378 g/mol. The summed E-state index contributed by atoms with van der Waals surface area (Å²) in [6.45, 7) is 0.419. The van der Waals surface area contributed by atoms with Crippen LogP contribution in [0.4, 0.5) is 17.1 Å². The van der Waals surface area contributed by atoms with E-state index in [2.05, 4.69) is 10.6 Å². The largest absolute Gasteiger partial charge is 0.387 e. The van der Waals surface area contributed by atoms with Crippen LogP contribution >= 0.6 is 0 Å². The maximum Gasteiger partial charge on any atom is 0.270 e. The minimum atomic E-state index is -0.545. The molecular formula is C20H18N4O4. The average molecular weight is 378 g/mol. The van der Waals surface area contributed by atoms with E-state index in [1.54, 1.807) is 42.1 Å². The summed E-state index contributed by atoms with van der Waals surface area (Å²) in [6.07, 6.45) is 1.71. The van der Waals surface area contributed by atoms with Crippen molar-refractivity contribution in [3.8, 4) is 0 Å². The summed E-state index contributed by atoms with van der Waals surface area (Å²) in [6, 6.07) is 16.1. The van der Waals surface area contributed by atoms with Gasteiger partial charge in [0.05, 0.1) is 17.0 Å². The van der Waals surface area contributed by atoms with Gasteiger partial charge in [0.1, 0.15) is 0 Å². The summed E-state index contributed by atoms with van der Waals surface area (Å²) in [5, 5.41) is 16.6. The first kappa shape index (κ1) is 18.8. The maximum atomic E-state index is 12.6. The number of hydrogen-bond donors (Lipinski definition) is 2. The number of nitro benzene ring substituents is 1. The first-order chi connectivity index (χ1) is 13.5. The number of nitro groups is 1. The van der Waals surface area contributed by atoms with E-state index < -0.39 is 10.8 Å². The highest BCUT2D eigenvalue weighted by molar-refractivity contribution is 6.08. The van der Waals surface area contributed by atoms with Crippen molar-refractivity contribution in [2.45, 2.75) is 6.54 Å². The predicted molar refractivity (Wildman–Crippen MR) is 107 cm³/mol. The molecule has 8 nitrogen and oxygen atoms in total. The van der Waals surface area contributed by atoms with Crippen LogP contribution < -0.4 is 16.2 Å². The molecule has 8 heteroatoms. The van der Waals surface area contributed by atoms with Gasteiger partial charge in [-0.05, 0) is 29.8 Å². The lowest BCUT2D eigenvalue weighted by molar-refractivity contribution is -0.384. The molecule has 2 aromatic carbocycles. The zero-order valence-electron chi connectivity index (χ0n) is 15.1. The van der Waals surface area contributed by atoms with Crippen molar-refractivity contribution in [3.63, 3.8) is 0 Å². The lowest BCUT2D eigenvalue weighted by atomic mass is 10.1.